The molecule has 0 saturated carbocycles. The van der Waals surface area contributed by atoms with E-state index in [0.29, 0.717) is 17.2 Å². The third kappa shape index (κ3) is 3.17. The number of halogens is 1. The van der Waals surface area contributed by atoms with Gasteiger partial charge in [0.25, 0.3) is 0 Å². The quantitative estimate of drug-likeness (QED) is 0.868. The minimum absolute atomic E-state index is 0.321. The molecule has 2 rings (SSSR count). The van der Waals surface area contributed by atoms with Crippen LogP contribution in [-0.4, -0.2) is 5.11 Å². The highest BCUT2D eigenvalue weighted by Crippen LogP contribution is 2.34. The van der Waals surface area contributed by atoms with E-state index in [9.17, 15) is 9.50 Å². The Bertz CT molecular complexity index is 591. The summed E-state index contributed by atoms with van der Waals surface area (Å²) in [5.74, 6) is 1.15. The van der Waals surface area contributed by atoms with Crippen molar-refractivity contribution in [3.8, 4) is 11.5 Å². The number of hydrogen-bond donors (Lipinski definition) is 1. The number of aliphatic hydroxyl groups excluding tert-OH is 1. The van der Waals surface area contributed by atoms with Crippen molar-refractivity contribution in [2.75, 3.05) is 0 Å². The summed E-state index contributed by atoms with van der Waals surface area (Å²) in [6.45, 7) is 5.76. The van der Waals surface area contributed by atoms with Crippen LogP contribution in [0, 0.1) is 5.82 Å². The molecule has 0 fully saturated rings. The highest BCUT2D eigenvalue weighted by Gasteiger charge is 2.14. The van der Waals surface area contributed by atoms with Crippen LogP contribution in [0.15, 0.2) is 42.5 Å². The van der Waals surface area contributed by atoms with Gasteiger partial charge in [0.2, 0.25) is 0 Å². The van der Waals surface area contributed by atoms with Gasteiger partial charge >= 0.3 is 0 Å². The molecular weight excluding hydrogens is 255 g/mol. The first-order valence-electron chi connectivity index (χ1n) is 6.73. The van der Waals surface area contributed by atoms with E-state index in [0.717, 1.165) is 11.3 Å². The molecule has 1 N–H and O–H groups in total. The minimum Gasteiger partial charge on any atom is -0.457 e. The van der Waals surface area contributed by atoms with Gasteiger partial charge in [-0.15, -0.1) is 0 Å². The predicted molar refractivity (Wildman–Crippen MR) is 77.6 cm³/mol. The number of benzene rings is 2. The first-order chi connectivity index (χ1) is 9.49. The fraction of sp³-hybridized carbons (Fsp3) is 0.294. The van der Waals surface area contributed by atoms with Crippen molar-refractivity contribution in [1.29, 1.82) is 0 Å². The summed E-state index contributed by atoms with van der Waals surface area (Å²) in [5.41, 5.74) is 1.52. The summed E-state index contributed by atoms with van der Waals surface area (Å²) in [6, 6.07) is 11.9. The van der Waals surface area contributed by atoms with Gasteiger partial charge in [0.1, 0.15) is 17.3 Å². The fourth-order valence-electron chi connectivity index (χ4n) is 2.11. The molecule has 0 bridgehead atoms. The molecule has 2 aromatic carbocycles. The second kappa shape index (κ2) is 6.06. The Morgan fingerprint density at radius 2 is 1.60 bits per heavy atom. The fourth-order valence-corrected chi connectivity index (χ4v) is 2.11. The van der Waals surface area contributed by atoms with Crippen molar-refractivity contribution < 1.29 is 14.2 Å². The first kappa shape index (κ1) is 14.5. The van der Waals surface area contributed by atoms with E-state index in [1.54, 1.807) is 13.0 Å². The Kier molecular flexibility index (Phi) is 4.40. The van der Waals surface area contributed by atoms with Crippen LogP contribution in [0.4, 0.5) is 4.39 Å². The maximum atomic E-state index is 13.3. The summed E-state index contributed by atoms with van der Waals surface area (Å²) in [5, 5.41) is 9.74. The zero-order chi connectivity index (χ0) is 14.7. The van der Waals surface area contributed by atoms with Gasteiger partial charge in [0, 0.05) is 5.56 Å². The second-order valence-electron chi connectivity index (χ2n) is 5.15. The summed E-state index contributed by atoms with van der Waals surface area (Å²) < 4.78 is 19.2. The van der Waals surface area contributed by atoms with Crippen molar-refractivity contribution in [1.82, 2.24) is 0 Å². The van der Waals surface area contributed by atoms with Crippen LogP contribution in [0.3, 0.4) is 0 Å². The Labute approximate surface area is 118 Å². The van der Waals surface area contributed by atoms with Crippen molar-refractivity contribution in [3.05, 3.63) is 59.4 Å². The molecule has 20 heavy (non-hydrogen) atoms. The van der Waals surface area contributed by atoms with Crippen molar-refractivity contribution >= 4 is 0 Å². The second-order valence-corrected chi connectivity index (χ2v) is 5.15. The largest absolute Gasteiger partial charge is 0.457 e. The van der Waals surface area contributed by atoms with Crippen LogP contribution in [0.1, 0.15) is 43.9 Å². The molecule has 106 valence electrons. The molecule has 0 unspecified atom stereocenters. The lowest BCUT2D eigenvalue weighted by molar-refractivity contribution is 0.195. The average Bonchev–Trinajstić information content (AvgIpc) is 2.41. The zero-order valence-electron chi connectivity index (χ0n) is 11.9. The lowest BCUT2D eigenvalue weighted by Gasteiger charge is -2.17. The molecule has 0 saturated heterocycles. The molecule has 2 nitrogen and oxygen atoms in total. The van der Waals surface area contributed by atoms with Crippen LogP contribution in [0.2, 0.25) is 0 Å². The Hall–Kier alpha value is -1.87. The molecule has 2 aromatic rings. The van der Waals surface area contributed by atoms with E-state index >= 15 is 0 Å². The summed E-state index contributed by atoms with van der Waals surface area (Å²) in [7, 11) is 0. The average molecular weight is 274 g/mol. The van der Waals surface area contributed by atoms with E-state index < -0.39 is 6.10 Å². The molecule has 0 aliphatic heterocycles. The van der Waals surface area contributed by atoms with E-state index in [1.807, 2.05) is 24.3 Å². The van der Waals surface area contributed by atoms with Gasteiger partial charge in [-0.25, -0.2) is 4.39 Å². The summed E-state index contributed by atoms with van der Waals surface area (Å²) in [4.78, 5) is 0. The molecule has 3 heteroatoms. The number of rotatable bonds is 4. The van der Waals surface area contributed by atoms with E-state index in [-0.39, 0.29) is 5.82 Å². The highest BCUT2D eigenvalue weighted by molar-refractivity contribution is 5.43. The minimum atomic E-state index is -0.785. The standard InChI is InChI=1S/C17H19FO2/c1-11(2)14-6-4-5-7-16(14)20-17-9-8-13(18)10-15(17)12(3)19/h4-12,19H,1-3H3/t12-/m1/s1. The van der Waals surface area contributed by atoms with Crippen LogP contribution >= 0.6 is 0 Å². The lowest BCUT2D eigenvalue weighted by atomic mass is 10.0. The number of para-hydroxylation sites is 1. The van der Waals surface area contributed by atoms with Crippen molar-refractivity contribution in [2.24, 2.45) is 0 Å². The maximum Gasteiger partial charge on any atom is 0.133 e. The van der Waals surface area contributed by atoms with Gasteiger partial charge in [-0.05, 0) is 42.7 Å². The number of aliphatic hydroxyl groups is 1. The smallest absolute Gasteiger partial charge is 0.133 e. The number of hydrogen-bond acceptors (Lipinski definition) is 2. The van der Waals surface area contributed by atoms with Crippen LogP contribution in [0.25, 0.3) is 0 Å². The molecular formula is C17H19FO2. The summed E-state index contributed by atoms with van der Waals surface area (Å²) in [6.07, 6.45) is -0.785. The Morgan fingerprint density at radius 1 is 0.950 bits per heavy atom. The monoisotopic (exact) mass is 274 g/mol. The molecule has 0 spiro atoms. The van der Waals surface area contributed by atoms with Crippen molar-refractivity contribution in [3.63, 3.8) is 0 Å². The molecule has 0 aliphatic rings. The lowest BCUT2D eigenvalue weighted by Crippen LogP contribution is -1.99. The normalized spacial score (nSPS) is 12.5. The van der Waals surface area contributed by atoms with E-state index in [4.69, 9.17) is 4.74 Å². The molecule has 0 aliphatic carbocycles. The van der Waals surface area contributed by atoms with Gasteiger partial charge in [0.15, 0.2) is 0 Å². The highest BCUT2D eigenvalue weighted by atomic mass is 19.1. The van der Waals surface area contributed by atoms with E-state index in [2.05, 4.69) is 13.8 Å². The third-order valence-corrected chi connectivity index (χ3v) is 3.18. The van der Waals surface area contributed by atoms with Gasteiger partial charge in [0.05, 0.1) is 6.10 Å². The molecule has 0 heterocycles. The predicted octanol–water partition coefficient (Wildman–Crippen LogP) is 4.79. The SMILES string of the molecule is CC(C)c1ccccc1Oc1ccc(F)cc1[C@@H](C)O. The van der Waals surface area contributed by atoms with Gasteiger partial charge in [-0.1, -0.05) is 32.0 Å². The zero-order valence-corrected chi connectivity index (χ0v) is 11.9. The van der Waals surface area contributed by atoms with E-state index in [1.165, 1.54) is 12.1 Å². The van der Waals surface area contributed by atoms with Gasteiger partial charge < -0.3 is 9.84 Å². The topological polar surface area (TPSA) is 29.5 Å². The maximum absolute atomic E-state index is 13.3. The van der Waals surface area contributed by atoms with Crippen molar-refractivity contribution in [2.45, 2.75) is 32.8 Å². The van der Waals surface area contributed by atoms with Crippen LogP contribution in [0.5, 0.6) is 11.5 Å². The number of ether oxygens (including phenoxy) is 1. The Balaban J connectivity index is 2.40. The van der Waals surface area contributed by atoms with Crippen LogP contribution < -0.4 is 4.74 Å². The molecule has 0 amide bonds. The third-order valence-electron chi connectivity index (χ3n) is 3.18. The first-order valence-corrected chi connectivity index (χ1v) is 6.73. The molecule has 0 aromatic heterocycles. The molecule has 1 atom stereocenters. The Morgan fingerprint density at radius 3 is 2.25 bits per heavy atom. The molecule has 0 radical (unpaired) electrons. The van der Waals surface area contributed by atoms with Crippen LogP contribution in [-0.2, 0) is 0 Å². The summed E-state index contributed by atoms with van der Waals surface area (Å²) >= 11 is 0. The van der Waals surface area contributed by atoms with Gasteiger partial charge in [-0.2, -0.15) is 0 Å². The van der Waals surface area contributed by atoms with Gasteiger partial charge in [-0.3, -0.25) is 0 Å².